The van der Waals surface area contributed by atoms with E-state index >= 15 is 0 Å². The number of hydrogen-bond donors (Lipinski definition) is 0. The number of halogens is 2. The summed E-state index contributed by atoms with van der Waals surface area (Å²) in [5.41, 5.74) is 0. The third-order valence-corrected chi connectivity index (χ3v) is 1.19. The van der Waals surface area contributed by atoms with Gasteiger partial charge in [0.25, 0.3) is 0 Å². The molecule has 0 aliphatic carbocycles. The molecule has 0 aromatic carbocycles. The van der Waals surface area contributed by atoms with Crippen LogP contribution in [0, 0.1) is 0 Å². The third kappa shape index (κ3) is 5.58. The molecule has 0 aliphatic rings. The average molecular weight is 211 g/mol. The number of nitrogens with zero attached hydrogens (tertiary/aromatic N) is 2. The van der Waals surface area contributed by atoms with Crippen LogP contribution in [0.15, 0.2) is 18.7 Å². The Kier molecular flexibility index (Phi) is 13.3. The van der Waals surface area contributed by atoms with Crippen molar-refractivity contribution in [2.75, 3.05) is 0 Å². The topological polar surface area (TPSA) is 8.81 Å². The molecule has 0 bridgehead atoms. The standard InChI is InChI=1S/C6H11N2.Al.2ClH/c1-3-8-5-4-7(2)6-8;;;/h4-6H,3H2,1-2H3;;2*1H/q+1;+3;;. The Hall–Kier alpha value is 0.322. The first-order valence-corrected chi connectivity index (χ1v) is 2.84. The van der Waals surface area contributed by atoms with Crippen molar-refractivity contribution in [2.45, 2.75) is 13.5 Å². The van der Waals surface area contributed by atoms with Crippen LogP contribution in [0.4, 0.5) is 0 Å². The summed E-state index contributed by atoms with van der Waals surface area (Å²) in [6, 6.07) is 0. The first-order chi connectivity index (χ1) is 3.83. The van der Waals surface area contributed by atoms with Gasteiger partial charge in [-0.05, 0) is 6.92 Å². The predicted octanol–water partition coefficient (Wildman–Crippen LogP) is 0.795. The number of hydrogen-bond acceptors (Lipinski definition) is 0. The largest absolute Gasteiger partial charge is 3.00 e. The fourth-order valence-electron chi connectivity index (χ4n) is 0.689. The van der Waals surface area contributed by atoms with Gasteiger partial charge >= 0.3 is 17.4 Å². The molecule has 1 aromatic heterocycles. The van der Waals surface area contributed by atoms with Crippen LogP contribution < -0.4 is 4.57 Å². The van der Waals surface area contributed by atoms with Gasteiger partial charge in [0.1, 0.15) is 12.4 Å². The molecule has 0 saturated carbocycles. The summed E-state index contributed by atoms with van der Waals surface area (Å²) < 4.78 is 4.16. The van der Waals surface area contributed by atoms with Gasteiger partial charge < -0.3 is 0 Å². The van der Waals surface area contributed by atoms with E-state index in [4.69, 9.17) is 0 Å². The summed E-state index contributed by atoms with van der Waals surface area (Å²) in [5.74, 6) is 0. The Labute approximate surface area is 90.6 Å². The summed E-state index contributed by atoms with van der Waals surface area (Å²) in [5, 5.41) is 0. The van der Waals surface area contributed by atoms with Crippen LogP contribution in [0.3, 0.4) is 0 Å². The van der Waals surface area contributed by atoms with E-state index in [1.807, 2.05) is 17.8 Å². The SMILES string of the molecule is CCn1cc[n+](C)c1.Cl.Cl.[Al+3]. The van der Waals surface area contributed by atoms with E-state index in [1.54, 1.807) is 0 Å². The van der Waals surface area contributed by atoms with Gasteiger partial charge in [-0.2, -0.15) is 0 Å². The van der Waals surface area contributed by atoms with Gasteiger partial charge in [-0.1, -0.05) is 0 Å². The van der Waals surface area contributed by atoms with E-state index in [9.17, 15) is 0 Å². The van der Waals surface area contributed by atoms with Crippen molar-refractivity contribution >= 4 is 42.2 Å². The van der Waals surface area contributed by atoms with Crippen LogP contribution in [0.1, 0.15) is 6.92 Å². The zero-order valence-corrected chi connectivity index (χ0v) is 9.52. The maximum atomic E-state index is 2.12. The molecule has 0 spiro atoms. The molecule has 1 heterocycles. The van der Waals surface area contributed by atoms with Crippen molar-refractivity contribution in [3.05, 3.63) is 18.7 Å². The molecule has 5 heteroatoms. The maximum absolute atomic E-state index is 2.12. The summed E-state index contributed by atoms with van der Waals surface area (Å²) in [7, 11) is 2.02. The Morgan fingerprint density at radius 2 is 1.91 bits per heavy atom. The van der Waals surface area contributed by atoms with Crippen molar-refractivity contribution in [1.29, 1.82) is 0 Å². The zero-order valence-electron chi connectivity index (χ0n) is 6.73. The molecule has 1 rings (SSSR count). The molecule has 60 valence electrons. The van der Waals surface area contributed by atoms with Gasteiger partial charge in [0.2, 0.25) is 6.33 Å². The normalized spacial score (nSPS) is 7.09. The summed E-state index contributed by atoms with van der Waals surface area (Å²) in [6.45, 7) is 3.18. The first kappa shape index (κ1) is 17.4. The van der Waals surface area contributed by atoms with Crippen molar-refractivity contribution in [3.8, 4) is 0 Å². The van der Waals surface area contributed by atoms with Crippen LogP contribution >= 0.6 is 24.8 Å². The second kappa shape index (κ2) is 8.42. The van der Waals surface area contributed by atoms with Crippen molar-refractivity contribution in [3.63, 3.8) is 0 Å². The maximum Gasteiger partial charge on any atom is 3.00 e. The Morgan fingerprint density at radius 1 is 1.36 bits per heavy atom. The first-order valence-electron chi connectivity index (χ1n) is 2.84. The van der Waals surface area contributed by atoms with E-state index in [0.717, 1.165) is 6.54 Å². The smallest absolute Gasteiger partial charge is 0.240 e. The molecule has 0 saturated heterocycles. The zero-order chi connectivity index (χ0) is 5.98. The Balaban J connectivity index is -0.000000213. The molecule has 0 amide bonds. The van der Waals surface area contributed by atoms with Gasteiger partial charge in [0.05, 0.1) is 13.6 Å². The molecule has 1 aromatic rings. The van der Waals surface area contributed by atoms with E-state index in [1.165, 1.54) is 0 Å². The van der Waals surface area contributed by atoms with Crippen LogP contribution in [0.5, 0.6) is 0 Å². The molecular weight excluding hydrogens is 198 g/mol. The summed E-state index contributed by atoms with van der Waals surface area (Å²) in [6.07, 6.45) is 6.14. The predicted molar refractivity (Wildman–Crippen MR) is 51.5 cm³/mol. The van der Waals surface area contributed by atoms with E-state index in [-0.39, 0.29) is 42.2 Å². The summed E-state index contributed by atoms with van der Waals surface area (Å²) >= 11 is 0. The minimum Gasteiger partial charge on any atom is -0.240 e. The quantitative estimate of drug-likeness (QED) is 0.479. The molecule has 0 atom stereocenters. The molecule has 0 unspecified atom stereocenters. The number of aromatic nitrogens is 2. The second-order valence-electron chi connectivity index (χ2n) is 1.91. The van der Waals surface area contributed by atoms with Gasteiger partial charge in [-0.25, -0.2) is 9.13 Å². The summed E-state index contributed by atoms with van der Waals surface area (Å²) in [4.78, 5) is 0. The number of rotatable bonds is 1. The van der Waals surface area contributed by atoms with E-state index in [0.29, 0.717) is 0 Å². The molecule has 11 heavy (non-hydrogen) atoms. The van der Waals surface area contributed by atoms with E-state index in [2.05, 4.69) is 24.0 Å². The molecular formula is C6H13AlCl2N2+4. The monoisotopic (exact) mass is 210 g/mol. The van der Waals surface area contributed by atoms with Crippen molar-refractivity contribution in [1.82, 2.24) is 4.57 Å². The van der Waals surface area contributed by atoms with Crippen LogP contribution in [0.2, 0.25) is 0 Å². The van der Waals surface area contributed by atoms with Gasteiger partial charge in [0.15, 0.2) is 0 Å². The fraction of sp³-hybridized carbons (Fsp3) is 0.500. The van der Waals surface area contributed by atoms with E-state index < -0.39 is 0 Å². The molecule has 2 nitrogen and oxygen atoms in total. The molecule has 0 N–H and O–H groups in total. The third-order valence-electron chi connectivity index (χ3n) is 1.19. The van der Waals surface area contributed by atoms with Gasteiger partial charge in [-0.3, -0.25) is 0 Å². The minimum absolute atomic E-state index is 0. The second-order valence-corrected chi connectivity index (χ2v) is 1.91. The Morgan fingerprint density at radius 3 is 2.09 bits per heavy atom. The number of imidazole rings is 1. The fourth-order valence-corrected chi connectivity index (χ4v) is 0.689. The van der Waals surface area contributed by atoms with Gasteiger partial charge in [-0.15, -0.1) is 24.8 Å². The van der Waals surface area contributed by atoms with Crippen LogP contribution in [0.25, 0.3) is 0 Å². The average Bonchev–Trinajstić information content (AvgIpc) is 2.14. The molecule has 0 radical (unpaired) electrons. The Bertz CT molecular complexity index is 179. The molecule has 0 fully saturated rings. The van der Waals surface area contributed by atoms with Gasteiger partial charge in [0, 0.05) is 0 Å². The molecule has 0 aliphatic heterocycles. The van der Waals surface area contributed by atoms with Crippen LogP contribution in [-0.4, -0.2) is 21.9 Å². The van der Waals surface area contributed by atoms with Crippen LogP contribution in [-0.2, 0) is 13.6 Å². The minimum atomic E-state index is 0. The number of aryl methyl sites for hydroxylation is 2. The van der Waals surface area contributed by atoms with Crippen molar-refractivity contribution < 1.29 is 4.57 Å². The van der Waals surface area contributed by atoms with Crippen molar-refractivity contribution in [2.24, 2.45) is 7.05 Å².